The van der Waals surface area contributed by atoms with Crippen LogP contribution < -0.4 is 10.6 Å². The highest BCUT2D eigenvalue weighted by molar-refractivity contribution is 5.49. The highest BCUT2D eigenvalue weighted by Crippen LogP contribution is 2.05. The highest BCUT2D eigenvalue weighted by Gasteiger charge is 1.93. The van der Waals surface area contributed by atoms with Crippen molar-refractivity contribution < 1.29 is 4.79 Å². The van der Waals surface area contributed by atoms with Crippen molar-refractivity contribution in [2.24, 2.45) is 0 Å². The summed E-state index contributed by atoms with van der Waals surface area (Å²) in [7, 11) is 0. The number of carbonyl (C=O) groups excluding carboxylic acids is 1. The molecule has 0 aliphatic carbocycles. The number of benzene rings is 1. The van der Waals surface area contributed by atoms with E-state index in [0.29, 0.717) is 12.0 Å². The van der Waals surface area contributed by atoms with Crippen LogP contribution in [0, 0.1) is 11.3 Å². The molecule has 1 aromatic carbocycles. The van der Waals surface area contributed by atoms with Crippen LogP contribution in [-0.4, -0.2) is 13.0 Å². The van der Waals surface area contributed by atoms with Crippen LogP contribution in [-0.2, 0) is 4.79 Å². The summed E-state index contributed by atoms with van der Waals surface area (Å²) in [6.45, 7) is 0.236. The van der Waals surface area contributed by atoms with Crippen LogP contribution in [0.3, 0.4) is 0 Å². The lowest BCUT2D eigenvalue weighted by Crippen LogP contribution is -2.14. The number of nitrogens with one attached hydrogen (secondary N) is 2. The van der Waals surface area contributed by atoms with Crippen LogP contribution in [0.4, 0.5) is 5.69 Å². The molecule has 0 radical (unpaired) electrons. The lowest BCUT2D eigenvalue weighted by molar-refractivity contribution is -0.109. The second kappa shape index (κ2) is 6.22. The van der Waals surface area contributed by atoms with Crippen molar-refractivity contribution in [1.82, 2.24) is 5.32 Å². The molecular formula is C11H11N3O. The third-order valence-corrected chi connectivity index (χ3v) is 1.71. The first-order valence-corrected chi connectivity index (χ1v) is 4.44. The van der Waals surface area contributed by atoms with Gasteiger partial charge in [0, 0.05) is 11.9 Å². The SMILES string of the molecule is N#C/C(=C/Nc1ccccc1)CNC=O. The average Bonchev–Trinajstić information content (AvgIpc) is 2.31. The van der Waals surface area contributed by atoms with E-state index in [9.17, 15) is 4.79 Å². The number of hydrogen-bond donors (Lipinski definition) is 2. The van der Waals surface area contributed by atoms with Gasteiger partial charge in [-0.05, 0) is 12.1 Å². The van der Waals surface area contributed by atoms with Gasteiger partial charge in [-0.15, -0.1) is 0 Å². The fourth-order valence-corrected chi connectivity index (χ4v) is 0.979. The summed E-state index contributed by atoms with van der Waals surface area (Å²) in [6, 6.07) is 11.5. The summed E-state index contributed by atoms with van der Waals surface area (Å²) in [5.41, 5.74) is 1.36. The molecule has 0 saturated carbocycles. The molecule has 1 amide bonds. The second-order valence-electron chi connectivity index (χ2n) is 2.79. The van der Waals surface area contributed by atoms with Crippen LogP contribution in [0.5, 0.6) is 0 Å². The fraction of sp³-hybridized carbons (Fsp3) is 0.0909. The average molecular weight is 201 g/mol. The summed E-state index contributed by atoms with van der Waals surface area (Å²) in [5, 5.41) is 14.1. The number of rotatable bonds is 5. The van der Waals surface area contributed by atoms with Crippen LogP contribution in [0.2, 0.25) is 0 Å². The molecule has 4 nitrogen and oxygen atoms in total. The molecule has 0 aliphatic heterocycles. The fourth-order valence-electron chi connectivity index (χ4n) is 0.979. The van der Waals surface area contributed by atoms with Crippen molar-refractivity contribution in [3.8, 4) is 6.07 Å². The van der Waals surface area contributed by atoms with Gasteiger partial charge in [-0.25, -0.2) is 0 Å². The summed E-state index contributed by atoms with van der Waals surface area (Å²) < 4.78 is 0. The molecule has 2 N–H and O–H groups in total. The van der Waals surface area contributed by atoms with E-state index >= 15 is 0 Å². The van der Waals surface area contributed by atoms with Crippen molar-refractivity contribution in [1.29, 1.82) is 5.26 Å². The molecular weight excluding hydrogens is 190 g/mol. The van der Waals surface area contributed by atoms with E-state index in [-0.39, 0.29) is 6.54 Å². The van der Waals surface area contributed by atoms with E-state index in [2.05, 4.69) is 10.6 Å². The third-order valence-electron chi connectivity index (χ3n) is 1.71. The van der Waals surface area contributed by atoms with Gasteiger partial charge in [0.2, 0.25) is 6.41 Å². The molecule has 0 aromatic heterocycles. The maximum atomic E-state index is 10.0. The Bertz CT molecular complexity index is 379. The van der Waals surface area contributed by atoms with Crippen molar-refractivity contribution in [3.05, 3.63) is 42.1 Å². The van der Waals surface area contributed by atoms with Gasteiger partial charge in [-0.3, -0.25) is 4.79 Å². The minimum atomic E-state index is 0.236. The van der Waals surface area contributed by atoms with E-state index in [0.717, 1.165) is 5.69 Å². The smallest absolute Gasteiger partial charge is 0.207 e. The number of amides is 1. The first kappa shape index (κ1) is 10.8. The van der Waals surface area contributed by atoms with Crippen LogP contribution in [0.15, 0.2) is 42.1 Å². The molecule has 0 aliphatic rings. The molecule has 0 fully saturated rings. The van der Waals surface area contributed by atoms with Gasteiger partial charge >= 0.3 is 0 Å². The number of carbonyl (C=O) groups is 1. The minimum Gasteiger partial charge on any atom is -0.361 e. The molecule has 1 rings (SSSR count). The van der Waals surface area contributed by atoms with E-state index in [1.54, 1.807) is 6.20 Å². The summed E-state index contributed by atoms with van der Waals surface area (Å²) in [6.07, 6.45) is 2.14. The number of nitriles is 1. The van der Waals surface area contributed by atoms with Crippen LogP contribution >= 0.6 is 0 Å². The van der Waals surface area contributed by atoms with E-state index < -0.39 is 0 Å². The Labute approximate surface area is 88.2 Å². The third kappa shape index (κ3) is 3.96. The Kier molecular flexibility index (Phi) is 4.47. The standard InChI is InChI=1S/C11H11N3O/c12-6-10(7-13-9-15)8-14-11-4-2-1-3-5-11/h1-5,8-9,14H,7H2,(H,13,15)/b10-8-. The monoisotopic (exact) mass is 201 g/mol. The zero-order chi connectivity index (χ0) is 10.9. The Hall–Kier alpha value is -2.28. The van der Waals surface area contributed by atoms with Crippen molar-refractivity contribution in [2.45, 2.75) is 0 Å². The van der Waals surface area contributed by atoms with E-state index in [1.807, 2.05) is 36.4 Å². The number of anilines is 1. The number of para-hydroxylation sites is 1. The minimum absolute atomic E-state index is 0.236. The second-order valence-corrected chi connectivity index (χ2v) is 2.79. The summed E-state index contributed by atoms with van der Waals surface area (Å²) >= 11 is 0. The molecule has 0 unspecified atom stereocenters. The Morgan fingerprint density at radius 2 is 2.13 bits per heavy atom. The zero-order valence-electron chi connectivity index (χ0n) is 8.10. The van der Waals surface area contributed by atoms with Crippen LogP contribution in [0.25, 0.3) is 0 Å². The topological polar surface area (TPSA) is 64.9 Å². The molecule has 1 aromatic rings. The van der Waals surface area contributed by atoms with Gasteiger partial charge in [0.15, 0.2) is 0 Å². The Balaban J connectivity index is 2.55. The first-order chi connectivity index (χ1) is 7.36. The van der Waals surface area contributed by atoms with Gasteiger partial charge in [0.05, 0.1) is 18.2 Å². The number of hydrogen-bond acceptors (Lipinski definition) is 3. The maximum Gasteiger partial charge on any atom is 0.207 e. The maximum absolute atomic E-state index is 10.0. The quantitative estimate of drug-likeness (QED) is 0.556. The molecule has 76 valence electrons. The van der Waals surface area contributed by atoms with Gasteiger partial charge < -0.3 is 10.6 Å². The largest absolute Gasteiger partial charge is 0.361 e. The Morgan fingerprint density at radius 3 is 2.73 bits per heavy atom. The summed E-state index contributed by atoms with van der Waals surface area (Å²) in [4.78, 5) is 10.0. The molecule has 15 heavy (non-hydrogen) atoms. The molecule has 0 atom stereocenters. The molecule has 4 heteroatoms. The van der Waals surface area contributed by atoms with Gasteiger partial charge in [0.1, 0.15) is 0 Å². The molecule has 0 spiro atoms. The van der Waals surface area contributed by atoms with E-state index in [4.69, 9.17) is 5.26 Å². The van der Waals surface area contributed by atoms with Gasteiger partial charge in [0.25, 0.3) is 0 Å². The predicted octanol–water partition coefficient (Wildman–Crippen LogP) is 1.25. The van der Waals surface area contributed by atoms with Crippen LogP contribution in [0.1, 0.15) is 0 Å². The number of nitrogens with zero attached hydrogens (tertiary/aromatic N) is 1. The predicted molar refractivity (Wildman–Crippen MR) is 57.8 cm³/mol. The van der Waals surface area contributed by atoms with E-state index in [1.165, 1.54) is 0 Å². The lowest BCUT2D eigenvalue weighted by atomic mass is 10.3. The lowest BCUT2D eigenvalue weighted by Gasteiger charge is -2.01. The molecule has 0 saturated heterocycles. The first-order valence-electron chi connectivity index (χ1n) is 4.44. The molecule has 0 bridgehead atoms. The highest BCUT2D eigenvalue weighted by atomic mass is 16.1. The zero-order valence-corrected chi connectivity index (χ0v) is 8.10. The van der Waals surface area contributed by atoms with Crippen molar-refractivity contribution in [3.63, 3.8) is 0 Å². The molecule has 0 heterocycles. The Morgan fingerprint density at radius 1 is 1.40 bits per heavy atom. The van der Waals surface area contributed by atoms with Gasteiger partial charge in [-0.2, -0.15) is 5.26 Å². The van der Waals surface area contributed by atoms with Crippen molar-refractivity contribution >= 4 is 12.1 Å². The van der Waals surface area contributed by atoms with Gasteiger partial charge in [-0.1, -0.05) is 18.2 Å². The normalized spacial score (nSPS) is 10.2. The summed E-state index contributed by atoms with van der Waals surface area (Å²) in [5.74, 6) is 0. The van der Waals surface area contributed by atoms with Crippen molar-refractivity contribution in [2.75, 3.05) is 11.9 Å².